The molecule has 1 aromatic carbocycles. The van der Waals surface area contributed by atoms with E-state index >= 15 is 0 Å². The van der Waals surface area contributed by atoms with E-state index in [-0.39, 0.29) is 6.42 Å². The maximum absolute atomic E-state index is 11.4. The quantitative estimate of drug-likeness (QED) is 0.711. The minimum absolute atomic E-state index is 0.108. The Bertz CT molecular complexity index is 452. The van der Waals surface area contributed by atoms with E-state index < -0.39 is 17.7 Å². The van der Waals surface area contributed by atoms with Crippen LogP contribution in [-0.2, 0) is 20.8 Å². The molecule has 0 saturated heterocycles. The largest absolute Gasteiger partial charge is 0.366 e. The monoisotopic (exact) mass is 232 g/mol. The standard InChI is InChI=1S/C12H12N2O3/c13-10(15)6-7-11(16)14-12(17)8-9-4-2-1-3-5-9/h1-7H,8H2,(H2,13,15)(H,14,16,17)/b7-6+. The van der Waals surface area contributed by atoms with Crippen LogP contribution in [-0.4, -0.2) is 17.7 Å². The topological polar surface area (TPSA) is 89.3 Å². The first kappa shape index (κ1) is 12.6. The Morgan fingerprint density at radius 2 is 1.76 bits per heavy atom. The molecule has 0 aromatic heterocycles. The molecule has 0 spiro atoms. The van der Waals surface area contributed by atoms with Gasteiger partial charge in [0.15, 0.2) is 0 Å². The summed E-state index contributed by atoms with van der Waals surface area (Å²) in [6.07, 6.45) is 1.92. The Morgan fingerprint density at radius 3 is 2.35 bits per heavy atom. The predicted octanol–water partition coefficient (Wildman–Crippen LogP) is -0.0866. The van der Waals surface area contributed by atoms with Gasteiger partial charge in [0, 0.05) is 12.2 Å². The predicted molar refractivity (Wildman–Crippen MR) is 61.6 cm³/mol. The molecule has 0 fully saturated rings. The molecule has 0 aliphatic carbocycles. The van der Waals surface area contributed by atoms with E-state index in [1.807, 2.05) is 6.07 Å². The molecular formula is C12H12N2O3. The Kier molecular flexibility index (Phi) is 4.62. The van der Waals surface area contributed by atoms with Gasteiger partial charge in [0.25, 0.3) is 5.91 Å². The van der Waals surface area contributed by atoms with Crippen LogP contribution in [0, 0.1) is 0 Å². The van der Waals surface area contributed by atoms with Gasteiger partial charge in [-0.15, -0.1) is 0 Å². The zero-order chi connectivity index (χ0) is 12.7. The summed E-state index contributed by atoms with van der Waals surface area (Å²) in [5.41, 5.74) is 5.61. The number of primary amides is 1. The fraction of sp³-hybridized carbons (Fsp3) is 0.0833. The molecule has 0 aliphatic heterocycles. The smallest absolute Gasteiger partial charge is 0.250 e. The summed E-state index contributed by atoms with van der Waals surface area (Å²) in [6.45, 7) is 0. The molecule has 5 nitrogen and oxygen atoms in total. The molecule has 3 N–H and O–H groups in total. The molecule has 0 aliphatic rings. The molecule has 3 amide bonds. The van der Waals surface area contributed by atoms with Crippen LogP contribution in [0.25, 0.3) is 0 Å². The summed E-state index contributed by atoms with van der Waals surface area (Å²) in [5.74, 6) is -1.84. The van der Waals surface area contributed by atoms with Crippen molar-refractivity contribution in [3.05, 3.63) is 48.0 Å². The van der Waals surface area contributed by atoms with Crippen LogP contribution in [0.15, 0.2) is 42.5 Å². The third-order valence-corrected chi connectivity index (χ3v) is 1.87. The fourth-order valence-electron chi connectivity index (χ4n) is 1.16. The number of rotatable bonds is 4. The van der Waals surface area contributed by atoms with Crippen molar-refractivity contribution in [2.24, 2.45) is 5.73 Å². The van der Waals surface area contributed by atoms with Crippen LogP contribution < -0.4 is 11.1 Å². The van der Waals surface area contributed by atoms with Crippen molar-refractivity contribution in [1.29, 1.82) is 0 Å². The first-order valence-corrected chi connectivity index (χ1v) is 4.93. The molecule has 1 rings (SSSR count). The summed E-state index contributed by atoms with van der Waals surface area (Å²) in [7, 11) is 0. The van der Waals surface area contributed by atoms with Gasteiger partial charge in [0.05, 0.1) is 6.42 Å². The third-order valence-electron chi connectivity index (χ3n) is 1.87. The van der Waals surface area contributed by atoms with Crippen LogP contribution in [0.5, 0.6) is 0 Å². The Morgan fingerprint density at radius 1 is 1.12 bits per heavy atom. The second kappa shape index (κ2) is 6.22. The SMILES string of the molecule is NC(=O)/C=C/C(=O)NC(=O)Cc1ccccc1. The van der Waals surface area contributed by atoms with Gasteiger partial charge in [-0.05, 0) is 5.56 Å². The first-order chi connectivity index (χ1) is 8.08. The second-order valence-electron chi connectivity index (χ2n) is 3.31. The average molecular weight is 232 g/mol. The van der Waals surface area contributed by atoms with E-state index in [0.717, 1.165) is 17.7 Å². The van der Waals surface area contributed by atoms with E-state index in [4.69, 9.17) is 5.73 Å². The number of carbonyl (C=O) groups excluding carboxylic acids is 3. The number of hydrogen-bond donors (Lipinski definition) is 2. The zero-order valence-electron chi connectivity index (χ0n) is 9.05. The molecule has 0 unspecified atom stereocenters. The summed E-state index contributed by atoms with van der Waals surface area (Å²) in [6, 6.07) is 9.00. The number of imide groups is 1. The van der Waals surface area contributed by atoms with E-state index in [9.17, 15) is 14.4 Å². The minimum Gasteiger partial charge on any atom is -0.366 e. The summed E-state index contributed by atoms with van der Waals surface area (Å²) >= 11 is 0. The molecular weight excluding hydrogens is 220 g/mol. The maximum atomic E-state index is 11.4. The number of nitrogens with two attached hydrogens (primary N) is 1. The van der Waals surface area contributed by atoms with Crippen molar-refractivity contribution in [3.8, 4) is 0 Å². The van der Waals surface area contributed by atoms with Gasteiger partial charge < -0.3 is 5.73 Å². The van der Waals surface area contributed by atoms with Crippen LogP contribution in [0.4, 0.5) is 0 Å². The first-order valence-electron chi connectivity index (χ1n) is 4.93. The number of amides is 3. The molecule has 0 radical (unpaired) electrons. The lowest BCUT2D eigenvalue weighted by Gasteiger charge is -2.00. The van der Waals surface area contributed by atoms with E-state index in [1.165, 1.54) is 0 Å². The number of carbonyl (C=O) groups is 3. The zero-order valence-corrected chi connectivity index (χ0v) is 9.05. The van der Waals surface area contributed by atoms with Crippen LogP contribution >= 0.6 is 0 Å². The molecule has 0 atom stereocenters. The van der Waals surface area contributed by atoms with Crippen LogP contribution in [0.2, 0.25) is 0 Å². The van der Waals surface area contributed by atoms with Crippen molar-refractivity contribution in [3.63, 3.8) is 0 Å². The normalized spacial score (nSPS) is 10.1. The van der Waals surface area contributed by atoms with Gasteiger partial charge in [-0.25, -0.2) is 0 Å². The lowest BCUT2D eigenvalue weighted by atomic mass is 10.1. The van der Waals surface area contributed by atoms with Gasteiger partial charge >= 0.3 is 0 Å². The van der Waals surface area contributed by atoms with E-state index in [2.05, 4.69) is 5.32 Å². The molecule has 0 bridgehead atoms. The molecule has 1 aromatic rings. The van der Waals surface area contributed by atoms with Crippen molar-refractivity contribution >= 4 is 17.7 Å². The second-order valence-corrected chi connectivity index (χ2v) is 3.31. The molecule has 17 heavy (non-hydrogen) atoms. The van der Waals surface area contributed by atoms with Gasteiger partial charge in [0.1, 0.15) is 0 Å². The van der Waals surface area contributed by atoms with Gasteiger partial charge in [-0.1, -0.05) is 30.3 Å². The number of benzene rings is 1. The molecule has 0 saturated carbocycles. The van der Waals surface area contributed by atoms with Crippen LogP contribution in [0.1, 0.15) is 5.56 Å². The highest BCUT2D eigenvalue weighted by Gasteiger charge is 2.05. The Labute approximate surface area is 98.3 Å². The van der Waals surface area contributed by atoms with Gasteiger partial charge in [-0.3, -0.25) is 19.7 Å². The lowest BCUT2D eigenvalue weighted by molar-refractivity contribution is -0.127. The third kappa shape index (κ3) is 5.27. The molecule has 88 valence electrons. The van der Waals surface area contributed by atoms with Crippen LogP contribution in [0.3, 0.4) is 0 Å². The van der Waals surface area contributed by atoms with E-state index in [0.29, 0.717) is 0 Å². The average Bonchev–Trinajstić information content (AvgIpc) is 2.27. The summed E-state index contributed by atoms with van der Waals surface area (Å²) in [5, 5.41) is 2.11. The van der Waals surface area contributed by atoms with Gasteiger partial charge in [0.2, 0.25) is 11.8 Å². The minimum atomic E-state index is -0.740. The maximum Gasteiger partial charge on any atom is 0.250 e. The number of hydrogen-bond acceptors (Lipinski definition) is 3. The molecule has 5 heteroatoms. The Balaban J connectivity index is 2.45. The van der Waals surface area contributed by atoms with Crippen molar-refractivity contribution < 1.29 is 14.4 Å². The van der Waals surface area contributed by atoms with Crippen molar-refractivity contribution in [2.45, 2.75) is 6.42 Å². The highest BCUT2D eigenvalue weighted by molar-refractivity contribution is 6.04. The fourth-order valence-corrected chi connectivity index (χ4v) is 1.16. The Hall–Kier alpha value is -2.43. The van der Waals surface area contributed by atoms with Crippen molar-refractivity contribution in [2.75, 3.05) is 0 Å². The highest BCUT2D eigenvalue weighted by atomic mass is 16.2. The van der Waals surface area contributed by atoms with Gasteiger partial charge in [-0.2, -0.15) is 0 Å². The van der Waals surface area contributed by atoms with E-state index in [1.54, 1.807) is 24.3 Å². The summed E-state index contributed by atoms with van der Waals surface area (Å²) in [4.78, 5) is 32.9. The van der Waals surface area contributed by atoms with Crippen molar-refractivity contribution in [1.82, 2.24) is 5.32 Å². The number of nitrogens with one attached hydrogen (secondary N) is 1. The molecule has 0 heterocycles. The lowest BCUT2D eigenvalue weighted by Crippen LogP contribution is -2.30. The highest BCUT2D eigenvalue weighted by Crippen LogP contribution is 1.98. The summed E-state index contributed by atoms with van der Waals surface area (Å²) < 4.78 is 0.